The summed E-state index contributed by atoms with van der Waals surface area (Å²) in [6, 6.07) is 16.5. The van der Waals surface area contributed by atoms with Crippen LogP contribution in [0.25, 0.3) is 11.1 Å². The van der Waals surface area contributed by atoms with Crippen LogP contribution in [0.2, 0.25) is 0 Å². The van der Waals surface area contributed by atoms with Gasteiger partial charge in [0.25, 0.3) is 15.9 Å². The number of hydrogen-bond donors (Lipinski definition) is 2. The van der Waals surface area contributed by atoms with Crippen LogP contribution in [0.1, 0.15) is 23.2 Å². The van der Waals surface area contributed by atoms with Crippen molar-refractivity contribution in [2.75, 3.05) is 29.3 Å². The first kappa shape index (κ1) is 24.0. The minimum absolute atomic E-state index is 0.00944. The molecule has 3 aromatic rings. The maximum atomic E-state index is 14.0. The predicted molar refractivity (Wildman–Crippen MR) is 133 cm³/mol. The van der Waals surface area contributed by atoms with Gasteiger partial charge in [0, 0.05) is 24.3 Å². The Morgan fingerprint density at radius 2 is 1.81 bits per heavy atom. The van der Waals surface area contributed by atoms with Gasteiger partial charge in [-0.15, -0.1) is 0 Å². The Labute approximate surface area is 208 Å². The Bertz CT molecular complexity index is 1440. The number of nitrogens with one attached hydrogen (secondary N) is 2. The number of nitrogens with zero attached hydrogens (tertiary/aromatic N) is 1. The van der Waals surface area contributed by atoms with E-state index in [1.807, 2.05) is 0 Å². The van der Waals surface area contributed by atoms with Gasteiger partial charge in [0.15, 0.2) is 0 Å². The molecule has 36 heavy (non-hydrogen) atoms. The first-order valence-corrected chi connectivity index (χ1v) is 13.0. The van der Waals surface area contributed by atoms with Crippen LogP contribution in [0.3, 0.4) is 0 Å². The summed E-state index contributed by atoms with van der Waals surface area (Å²) >= 11 is 0. The molecule has 1 atom stereocenters. The van der Waals surface area contributed by atoms with Gasteiger partial charge < -0.3 is 15.4 Å². The maximum Gasteiger partial charge on any atom is 0.265 e. The summed E-state index contributed by atoms with van der Waals surface area (Å²) in [7, 11) is -4.08. The Hall–Kier alpha value is -3.76. The molecule has 0 unspecified atom stereocenters. The van der Waals surface area contributed by atoms with Crippen molar-refractivity contribution < 1.29 is 27.1 Å². The third-order valence-corrected chi connectivity index (χ3v) is 8.04. The van der Waals surface area contributed by atoms with E-state index < -0.39 is 28.3 Å². The van der Waals surface area contributed by atoms with Crippen LogP contribution in [0.5, 0.6) is 0 Å². The summed E-state index contributed by atoms with van der Waals surface area (Å²) in [6.45, 7) is 0.480. The second-order valence-corrected chi connectivity index (χ2v) is 10.4. The Morgan fingerprint density at radius 3 is 2.61 bits per heavy atom. The summed E-state index contributed by atoms with van der Waals surface area (Å²) in [5.41, 5.74) is 1.45. The van der Waals surface area contributed by atoms with E-state index in [1.165, 1.54) is 18.2 Å². The second kappa shape index (κ2) is 9.71. The molecule has 0 aromatic heterocycles. The van der Waals surface area contributed by atoms with Crippen LogP contribution in [-0.2, 0) is 19.6 Å². The van der Waals surface area contributed by atoms with Gasteiger partial charge in [-0.3, -0.25) is 13.9 Å². The summed E-state index contributed by atoms with van der Waals surface area (Å²) in [4.78, 5) is 25.8. The van der Waals surface area contributed by atoms with Gasteiger partial charge in [0.1, 0.15) is 12.4 Å². The average Bonchev–Trinajstić information content (AvgIpc) is 3.39. The quantitative estimate of drug-likeness (QED) is 0.529. The molecule has 5 rings (SSSR count). The van der Waals surface area contributed by atoms with E-state index in [0.717, 1.165) is 23.2 Å². The molecule has 0 spiro atoms. The van der Waals surface area contributed by atoms with Crippen molar-refractivity contribution in [3.8, 4) is 11.1 Å². The first-order valence-electron chi connectivity index (χ1n) is 11.5. The van der Waals surface area contributed by atoms with Crippen molar-refractivity contribution in [1.29, 1.82) is 0 Å². The number of fused-ring (bicyclic) bond motifs is 3. The Morgan fingerprint density at radius 1 is 1.03 bits per heavy atom. The molecule has 2 amide bonds. The molecule has 2 aliphatic rings. The van der Waals surface area contributed by atoms with Crippen LogP contribution in [-0.4, -0.2) is 46.0 Å². The standard InChI is InChI=1S/C26H24FN3O5S/c27-17-11-12-23-21(14-17)19-7-2-4-10-24(19)36(33,34)30(23)16-25(31)29-22-9-3-1-8-20(22)26(32)28-15-18-6-5-13-35-18/h1-4,7-12,14,18H,5-6,13,15-16H2,(H,28,32)(H,29,31)/t18-/m1/s1. The highest BCUT2D eigenvalue weighted by molar-refractivity contribution is 7.93. The fourth-order valence-electron chi connectivity index (χ4n) is 4.49. The number of benzene rings is 3. The summed E-state index contributed by atoms with van der Waals surface area (Å²) in [6.07, 6.45) is 1.79. The van der Waals surface area contributed by atoms with Crippen LogP contribution < -0.4 is 14.9 Å². The number of carbonyl (C=O) groups excluding carboxylic acids is 2. The van der Waals surface area contributed by atoms with E-state index >= 15 is 0 Å². The third kappa shape index (κ3) is 4.57. The van der Waals surface area contributed by atoms with E-state index in [4.69, 9.17) is 4.74 Å². The molecule has 1 saturated heterocycles. The van der Waals surface area contributed by atoms with Crippen LogP contribution >= 0.6 is 0 Å². The zero-order valence-electron chi connectivity index (χ0n) is 19.2. The average molecular weight is 510 g/mol. The highest BCUT2D eigenvalue weighted by Crippen LogP contribution is 2.43. The second-order valence-electron chi connectivity index (χ2n) is 8.61. The lowest BCUT2D eigenvalue weighted by Gasteiger charge is -2.31. The van der Waals surface area contributed by atoms with Crippen molar-refractivity contribution in [1.82, 2.24) is 5.32 Å². The number of amides is 2. The van der Waals surface area contributed by atoms with Crippen molar-refractivity contribution in [2.45, 2.75) is 23.8 Å². The van der Waals surface area contributed by atoms with E-state index in [9.17, 15) is 22.4 Å². The monoisotopic (exact) mass is 509 g/mol. The molecule has 0 aliphatic carbocycles. The Balaban J connectivity index is 1.38. The largest absolute Gasteiger partial charge is 0.376 e. The molecular formula is C26H24FN3O5S. The van der Waals surface area contributed by atoms with E-state index in [0.29, 0.717) is 24.3 Å². The fraction of sp³-hybridized carbons (Fsp3) is 0.231. The zero-order chi connectivity index (χ0) is 25.3. The van der Waals surface area contributed by atoms with Crippen LogP contribution in [0, 0.1) is 5.82 Å². The van der Waals surface area contributed by atoms with Gasteiger partial charge in [-0.1, -0.05) is 30.3 Å². The minimum Gasteiger partial charge on any atom is -0.376 e. The van der Waals surface area contributed by atoms with E-state index in [1.54, 1.807) is 42.5 Å². The molecule has 1 fully saturated rings. The SMILES string of the molecule is O=C(CN1c2ccc(F)cc2-c2ccccc2S1(=O)=O)Nc1ccccc1C(=O)NC[C@H]1CCCO1. The van der Waals surface area contributed by atoms with Gasteiger partial charge >= 0.3 is 0 Å². The number of hydrogen-bond acceptors (Lipinski definition) is 5. The minimum atomic E-state index is -4.08. The van der Waals surface area contributed by atoms with Crippen LogP contribution in [0.4, 0.5) is 15.8 Å². The highest BCUT2D eigenvalue weighted by Gasteiger charge is 2.36. The lowest BCUT2D eigenvalue weighted by molar-refractivity contribution is -0.114. The number of para-hydroxylation sites is 1. The topological polar surface area (TPSA) is 105 Å². The summed E-state index contributed by atoms with van der Waals surface area (Å²) in [5, 5.41) is 5.48. The van der Waals surface area contributed by atoms with Crippen LogP contribution in [0.15, 0.2) is 71.6 Å². The highest BCUT2D eigenvalue weighted by atomic mass is 32.2. The molecule has 0 radical (unpaired) electrons. The van der Waals surface area contributed by atoms with Crippen molar-refractivity contribution in [2.24, 2.45) is 0 Å². The lowest BCUT2D eigenvalue weighted by Crippen LogP contribution is -2.40. The van der Waals surface area contributed by atoms with Gasteiger partial charge in [-0.05, 0) is 49.2 Å². The molecule has 2 N–H and O–H groups in total. The first-order chi connectivity index (χ1) is 17.3. The number of rotatable bonds is 6. The van der Waals surface area contributed by atoms with Gasteiger partial charge in [0.05, 0.1) is 27.9 Å². The molecule has 186 valence electrons. The zero-order valence-corrected chi connectivity index (χ0v) is 20.1. The summed E-state index contributed by atoms with van der Waals surface area (Å²) in [5.74, 6) is -1.54. The smallest absolute Gasteiger partial charge is 0.265 e. The van der Waals surface area contributed by atoms with E-state index in [-0.39, 0.29) is 33.8 Å². The predicted octanol–water partition coefficient (Wildman–Crippen LogP) is 3.55. The number of carbonyl (C=O) groups is 2. The molecular weight excluding hydrogens is 485 g/mol. The van der Waals surface area contributed by atoms with Crippen molar-refractivity contribution in [3.63, 3.8) is 0 Å². The maximum absolute atomic E-state index is 14.0. The molecule has 0 saturated carbocycles. The molecule has 10 heteroatoms. The number of halogens is 1. The van der Waals surface area contributed by atoms with Gasteiger partial charge in [-0.25, -0.2) is 12.8 Å². The van der Waals surface area contributed by atoms with Crippen molar-refractivity contribution in [3.05, 3.63) is 78.1 Å². The molecule has 2 heterocycles. The lowest BCUT2D eigenvalue weighted by atomic mass is 10.0. The molecule has 2 aliphatic heterocycles. The Kier molecular flexibility index (Phi) is 6.46. The third-order valence-electron chi connectivity index (χ3n) is 6.22. The molecule has 0 bridgehead atoms. The van der Waals surface area contributed by atoms with E-state index in [2.05, 4.69) is 10.6 Å². The van der Waals surface area contributed by atoms with Gasteiger partial charge in [-0.2, -0.15) is 0 Å². The normalized spacial score (nSPS) is 17.7. The molecule has 3 aromatic carbocycles. The number of ether oxygens (including phenoxy) is 1. The van der Waals surface area contributed by atoms with Gasteiger partial charge in [0.2, 0.25) is 5.91 Å². The van der Waals surface area contributed by atoms with Crippen molar-refractivity contribution >= 4 is 33.2 Å². The number of anilines is 2. The summed E-state index contributed by atoms with van der Waals surface area (Å²) < 4.78 is 47.3. The molecule has 8 nitrogen and oxygen atoms in total. The fourth-order valence-corrected chi connectivity index (χ4v) is 6.14. The number of sulfonamides is 1.